The molecule has 32 heavy (non-hydrogen) atoms. The number of aromatic amines is 1. The van der Waals surface area contributed by atoms with Gasteiger partial charge >= 0.3 is 0 Å². The van der Waals surface area contributed by atoms with Gasteiger partial charge in [0.25, 0.3) is 5.91 Å². The highest BCUT2D eigenvalue weighted by molar-refractivity contribution is 5.83. The first-order valence-electron chi connectivity index (χ1n) is 11.0. The number of carbonyl (C=O) groups is 2. The lowest BCUT2D eigenvalue weighted by atomic mass is 10.1. The number of nitrogens with one attached hydrogen (secondary N) is 2. The summed E-state index contributed by atoms with van der Waals surface area (Å²) in [7, 11) is 0. The van der Waals surface area contributed by atoms with Crippen molar-refractivity contribution in [2.24, 2.45) is 0 Å². The smallest absolute Gasteiger partial charge is 0.251 e. The van der Waals surface area contributed by atoms with E-state index in [1.165, 1.54) is 11.1 Å². The van der Waals surface area contributed by atoms with Crippen LogP contribution < -0.4 is 5.32 Å². The van der Waals surface area contributed by atoms with Gasteiger partial charge < -0.3 is 19.9 Å². The molecule has 1 atom stereocenters. The number of benzene rings is 1. The topological polar surface area (TPSA) is 105 Å². The number of hydrogen-bond donors (Lipinski definition) is 2. The minimum Gasteiger partial charge on any atom is -0.365 e. The maximum Gasteiger partial charge on any atom is 0.251 e. The number of rotatable bonds is 7. The van der Waals surface area contributed by atoms with E-state index >= 15 is 0 Å². The predicted octanol–water partition coefficient (Wildman–Crippen LogP) is 1.66. The normalized spacial score (nSPS) is 16.5. The molecule has 1 aliphatic heterocycles. The SMILES string of the molecule is Cc1cc2nc(CCNC(=O)C3CN(C(=O)CCn4nccc4C)CCO3)[nH]c2cc1C. The summed E-state index contributed by atoms with van der Waals surface area (Å²) in [6.07, 6.45) is 2.02. The number of aromatic nitrogens is 4. The Hall–Kier alpha value is -3.20. The Morgan fingerprint density at radius 2 is 2.06 bits per heavy atom. The zero-order chi connectivity index (χ0) is 22.7. The van der Waals surface area contributed by atoms with Crippen LogP contribution in [0.4, 0.5) is 0 Å². The molecule has 1 aromatic carbocycles. The lowest BCUT2D eigenvalue weighted by Crippen LogP contribution is -2.52. The molecule has 0 aliphatic carbocycles. The molecule has 2 N–H and O–H groups in total. The van der Waals surface area contributed by atoms with E-state index in [2.05, 4.69) is 46.4 Å². The van der Waals surface area contributed by atoms with Crippen LogP contribution in [0.1, 0.15) is 29.1 Å². The van der Waals surface area contributed by atoms with Gasteiger partial charge in [0, 0.05) is 44.4 Å². The van der Waals surface area contributed by atoms with Crippen molar-refractivity contribution in [3.63, 3.8) is 0 Å². The van der Waals surface area contributed by atoms with Crippen molar-refractivity contribution < 1.29 is 14.3 Å². The van der Waals surface area contributed by atoms with Crippen LogP contribution >= 0.6 is 0 Å². The monoisotopic (exact) mass is 438 g/mol. The highest BCUT2D eigenvalue weighted by atomic mass is 16.5. The Balaban J connectivity index is 1.25. The number of aryl methyl sites for hydroxylation is 4. The van der Waals surface area contributed by atoms with Crippen LogP contribution in [0.15, 0.2) is 24.4 Å². The second kappa shape index (κ2) is 9.52. The number of nitrogens with zero attached hydrogens (tertiary/aromatic N) is 4. The highest BCUT2D eigenvalue weighted by Gasteiger charge is 2.29. The lowest BCUT2D eigenvalue weighted by molar-refractivity contribution is -0.147. The number of imidazole rings is 1. The highest BCUT2D eigenvalue weighted by Crippen LogP contribution is 2.17. The van der Waals surface area contributed by atoms with Crippen LogP contribution in [0, 0.1) is 20.8 Å². The molecular formula is C23H30N6O3. The van der Waals surface area contributed by atoms with E-state index in [1.54, 1.807) is 11.1 Å². The molecule has 2 amide bonds. The van der Waals surface area contributed by atoms with Gasteiger partial charge in [-0.2, -0.15) is 5.10 Å². The fourth-order valence-corrected chi connectivity index (χ4v) is 3.89. The van der Waals surface area contributed by atoms with Gasteiger partial charge in [0.05, 0.1) is 24.2 Å². The Morgan fingerprint density at radius 1 is 1.25 bits per heavy atom. The zero-order valence-corrected chi connectivity index (χ0v) is 18.9. The van der Waals surface area contributed by atoms with Crippen molar-refractivity contribution in [3.8, 4) is 0 Å². The second-order valence-corrected chi connectivity index (χ2v) is 8.32. The van der Waals surface area contributed by atoms with E-state index in [-0.39, 0.29) is 18.4 Å². The molecule has 170 valence electrons. The summed E-state index contributed by atoms with van der Waals surface area (Å²) in [6.45, 7) is 8.20. The maximum atomic E-state index is 12.6. The molecule has 1 unspecified atom stereocenters. The first-order chi connectivity index (χ1) is 15.4. The van der Waals surface area contributed by atoms with E-state index in [9.17, 15) is 9.59 Å². The molecule has 0 radical (unpaired) electrons. The number of H-pyrrole nitrogens is 1. The average Bonchev–Trinajstić information content (AvgIpc) is 3.37. The van der Waals surface area contributed by atoms with E-state index in [0.29, 0.717) is 39.1 Å². The van der Waals surface area contributed by atoms with E-state index in [1.807, 2.05) is 17.7 Å². The molecule has 1 aliphatic rings. The molecule has 0 saturated carbocycles. The zero-order valence-electron chi connectivity index (χ0n) is 18.9. The van der Waals surface area contributed by atoms with Crippen molar-refractivity contribution in [1.82, 2.24) is 30.0 Å². The number of morpholine rings is 1. The number of carbonyl (C=O) groups excluding carboxylic acids is 2. The summed E-state index contributed by atoms with van der Waals surface area (Å²) in [5.74, 6) is 0.641. The van der Waals surface area contributed by atoms with Crippen molar-refractivity contribution in [1.29, 1.82) is 0 Å². The van der Waals surface area contributed by atoms with Crippen LogP contribution in [0.2, 0.25) is 0 Å². The van der Waals surface area contributed by atoms with E-state index in [4.69, 9.17) is 4.74 Å². The summed E-state index contributed by atoms with van der Waals surface area (Å²) < 4.78 is 7.43. The average molecular weight is 439 g/mol. The van der Waals surface area contributed by atoms with E-state index in [0.717, 1.165) is 22.6 Å². The molecule has 1 fully saturated rings. The Labute approximate surface area is 187 Å². The number of amides is 2. The van der Waals surface area contributed by atoms with Gasteiger partial charge in [-0.05, 0) is 50.1 Å². The van der Waals surface area contributed by atoms with Crippen LogP contribution in [0.5, 0.6) is 0 Å². The predicted molar refractivity (Wildman–Crippen MR) is 120 cm³/mol. The Morgan fingerprint density at radius 3 is 2.84 bits per heavy atom. The minimum absolute atomic E-state index is 0.00821. The van der Waals surface area contributed by atoms with E-state index < -0.39 is 6.10 Å². The van der Waals surface area contributed by atoms with Crippen LogP contribution in [0.3, 0.4) is 0 Å². The van der Waals surface area contributed by atoms with Gasteiger partial charge in [0.1, 0.15) is 5.82 Å². The van der Waals surface area contributed by atoms with Crippen LogP contribution in [-0.2, 0) is 27.3 Å². The molecule has 3 heterocycles. The first-order valence-corrected chi connectivity index (χ1v) is 11.0. The molecule has 2 aromatic heterocycles. The maximum absolute atomic E-state index is 12.6. The summed E-state index contributed by atoms with van der Waals surface area (Å²) in [6, 6.07) is 6.07. The number of fused-ring (bicyclic) bond motifs is 1. The molecule has 0 bridgehead atoms. The van der Waals surface area contributed by atoms with Gasteiger partial charge in [-0.25, -0.2) is 4.98 Å². The molecule has 9 heteroatoms. The fourth-order valence-electron chi connectivity index (χ4n) is 3.89. The number of ether oxygens (including phenoxy) is 1. The van der Waals surface area contributed by atoms with Gasteiger partial charge in [-0.1, -0.05) is 0 Å². The van der Waals surface area contributed by atoms with Gasteiger partial charge in [-0.15, -0.1) is 0 Å². The Bertz CT molecular complexity index is 1080. The van der Waals surface area contributed by atoms with Crippen molar-refractivity contribution in [2.75, 3.05) is 26.2 Å². The lowest BCUT2D eigenvalue weighted by Gasteiger charge is -2.32. The molecule has 3 aromatic rings. The third-order valence-electron chi connectivity index (χ3n) is 5.99. The molecule has 1 saturated heterocycles. The number of hydrogen-bond acceptors (Lipinski definition) is 5. The first kappa shape index (κ1) is 22.0. The van der Waals surface area contributed by atoms with Crippen LogP contribution in [-0.4, -0.2) is 68.8 Å². The van der Waals surface area contributed by atoms with Gasteiger partial charge in [-0.3, -0.25) is 14.3 Å². The largest absolute Gasteiger partial charge is 0.365 e. The van der Waals surface area contributed by atoms with Crippen molar-refractivity contribution in [3.05, 3.63) is 47.0 Å². The molecule has 4 rings (SSSR count). The summed E-state index contributed by atoms with van der Waals surface area (Å²) >= 11 is 0. The summed E-state index contributed by atoms with van der Waals surface area (Å²) in [4.78, 5) is 34.8. The molecular weight excluding hydrogens is 408 g/mol. The third kappa shape index (κ3) is 4.99. The third-order valence-corrected chi connectivity index (χ3v) is 5.99. The van der Waals surface area contributed by atoms with Crippen molar-refractivity contribution in [2.45, 2.75) is 46.3 Å². The second-order valence-electron chi connectivity index (χ2n) is 8.32. The fraction of sp³-hybridized carbons (Fsp3) is 0.478. The summed E-state index contributed by atoms with van der Waals surface area (Å²) in [5.41, 5.74) is 5.38. The standard InChI is InChI=1S/C23H30N6O3/c1-15-12-18-19(13-16(15)2)27-21(26-18)5-7-24-23(31)20-14-28(10-11-32-20)22(30)6-9-29-17(3)4-8-25-29/h4,8,12-13,20H,5-7,9-11,14H2,1-3H3,(H,24,31)(H,26,27). The van der Waals surface area contributed by atoms with Crippen molar-refractivity contribution >= 4 is 22.8 Å². The Kier molecular flexibility index (Phi) is 6.55. The quantitative estimate of drug-likeness (QED) is 0.584. The van der Waals surface area contributed by atoms with Gasteiger partial charge in [0.2, 0.25) is 5.91 Å². The van der Waals surface area contributed by atoms with Gasteiger partial charge in [0.15, 0.2) is 6.10 Å². The summed E-state index contributed by atoms with van der Waals surface area (Å²) in [5, 5.41) is 7.12. The molecule has 9 nitrogen and oxygen atoms in total. The minimum atomic E-state index is -0.653. The molecule has 0 spiro atoms. The van der Waals surface area contributed by atoms with Crippen LogP contribution in [0.25, 0.3) is 11.0 Å².